The molecule has 0 bridgehead atoms. The monoisotopic (exact) mass is 412 g/mol. The van der Waals surface area contributed by atoms with Crippen LogP contribution in [-0.2, 0) is 11.3 Å². The average Bonchev–Trinajstić information content (AvgIpc) is 2.77. The first-order valence-corrected chi connectivity index (χ1v) is 11.3. The maximum Gasteiger partial charge on any atom is 0.191 e. The molecule has 0 aromatic heterocycles. The molecule has 1 aliphatic rings. The number of nitrogens with one attached hydrogen (secondary N) is 2. The first-order chi connectivity index (χ1) is 14.3. The molecule has 0 radical (unpaired) electrons. The van der Waals surface area contributed by atoms with Crippen molar-refractivity contribution < 1.29 is 4.74 Å². The Morgan fingerprint density at radius 3 is 2.55 bits per heavy atom. The van der Waals surface area contributed by atoms with Crippen LogP contribution in [0.15, 0.2) is 64.5 Å². The molecule has 0 saturated carbocycles. The van der Waals surface area contributed by atoms with Gasteiger partial charge in [0.15, 0.2) is 5.96 Å². The number of anilines is 1. The maximum atomic E-state index is 5.50. The van der Waals surface area contributed by atoms with E-state index < -0.39 is 0 Å². The Morgan fingerprint density at radius 1 is 1.07 bits per heavy atom. The minimum absolute atomic E-state index is 0.446. The summed E-state index contributed by atoms with van der Waals surface area (Å²) in [7, 11) is 0. The number of ether oxygens (including phenoxy) is 1. The lowest BCUT2D eigenvalue weighted by Gasteiger charge is -2.30. The Bertz CT molecular complexity index is 762. The first kappa shape index (κ1) is 21.5. The summed E-state index contributed by atoms with van der Waals surface area (Å²) >= 11 is 1.88. The Kier molecular flexibility index (Phi) is 8.71. The lowest BCUT2D eigenvalue weighted by molar-refractivity contribution is 0.122. The molecule has 1 heterocycles. The van der Waals surface area contributed by atoms with Crippen LogP contribution in [-0.4, -0.2) is 50.6 Å². The minimum atomic E-state index is 0.446. The molecule has 1 fully saturated rings. The molecule has 2 aromatic carbocycles. The predicted molar refractivity (Wildman–Crippen MR) is 124 cm³/mol. The minimum Gasteiger partial charge on any atom is -0.378 e. The number of para-hydroxylation sites is 1. The number of hydrogen-bond acceptors (Lipinski definition) is 4. The average molecular weight is 413 g/mol. The van der Waals surface area contributed by atoms with Crippen LogP contribution in [0.5, 0.6) is 0 Å². The van der Waals surface area contributed by atoms with E-state index in [0.717, 1.165) is 45.4 Å². The van der Waals surface area contributed by atoms with Gasteiger partial charge >= 0.3 is 0 Å². The van der Waals surface area contributed by atoms with Gasteiger partial charge in [-0.15, -0.1) is 11.8 Å². The second kappa shape index (κ2) is 11.7. The van der Waals surface area contributed by atoms with Gasteiger partial charge in [0, 0.05) is 42.0 Å². The number of morpholine rings is 1. The van der Waals surface area contributed by atoms with Crippen molar-refractivity contribution in [3.05, 3.63) is 60.2 Å². The van der Waals surface area contributed by atoms with E-state index in [9.17, 15) is 0 Å². The smallest absolute Gasteiger partial charge is 0.191 e. The number of aliphatic imine (C=N–C) groups is 1. The zero-order valence-electron chi connectivity index (χ0n) is 17.4. The van der Waals surface area contributed by atoms with Gasteiger partial charge in [-0.05, 0) is 30.7 Å². The Morgan fingerprint density at radius 2 is 1.79 bits per heavy atom. The number of thioether (sulfide) groups is 1. The summed E-state index contributed by atoms with van der Waals surface area (Å²) in [4.78, 5) is 8.54. The third-order valence-electron chi connectivity index (χ3n) is 4.73. The highest BCUT2D eigenvalue weighted by molar-refractivity contribution is 8.00. The van der Waals surface area contributed by atoms with Crippen LogP contribution in [0.2, 0.25) is 0 Å². The normalized spacial score (nSPS) is 15.8. The molecule has 1 aliphatic heterocycles. The van der Waals surface area contributed by atoms with Crippen LogP contribution >= 0.6 is 11.8 Å². The van der Waals surface area contributed by atoms with Gasteiger partial charge in [-0.1, -0.05) is 43.3 Å². The van der Waals surface area contributed by atoms with Crippen molar-refractivity contribution in [2.75, 3.05) is 44.3 Å². The van der Waals surface area contributed by atoms with Crippen LogP contribution in [0.1, 0.15) is 19.4 Å². The van der Waals surface area contributed by atoms with E-state index in [1.165, 1.54) is 16.1 Å². The lowest BCUT2D eigenvalue weighted by Crippen LogP contribution is -2.40. The predicted octanol–water partition coefficient (Wildman–Crippen LogP) is 3.76. The van der Waals surface area contributed by atoms with E-state index in [-0.39, 0.29) is 0 Å². The first-order valence-electron chi connectivity index (χ1n) is 10.4. The van der Waals surface area contributed by atoms with Crippen molar-refractivity contribution >= 4 is 23.4 Å². The molecular weight excluding hydrogens is 380 g/mol. The molecule has 29 heavy (non-hydrogen) atoms. The zero-order chi connectivity index (χ0) is 20.3. The zero-order valence-corrected chi connectivity index (χ0v) is 18.3. The van der Waals surface area contributed by atoms with Gasteiger partial charge in [0.2, 0.25) is 0 Å². The second-order valence-electron chi connectivity index (χ2n) is 7.05. The van der Waals surface area contributed by atoms with Gasteiger partial charge in [0.05, 0.1) is 19.8 Å². The molecule has 3 rings (SSSR count). The maximum absolute atomic E-state index is 5.50. The van der Waals surface area contributed by atoms with Crippen molar-refractivity contribution in [3.8, 4) is 0 Å². The van der Waals surface area contributed by atoms with Crippen LogP contribution in [0.3, 0.4) is 0 Å². The molecule has 2 N–H and O–H groups in total. The van der Waals surface area contributed by atoms with Gasteiger partial charge in [0.25, 0.3) is 0 Å². The van der Waals surface area contributed by atoms with Crippen LogP contribution in [0, 0.1) is 0 Å². The molecular formula is C23H32N4OS. The summed E-state index contributed by atoms with van der Waals surface area (Å²) in [5, 5.41) is 7.31. The van der Waals surface area contributed by atoms with Crippen molar-refractivity contribution in [2.45, 2.75) is 30.5 Å². The van der Waals surface area contributed by atoms with Crippen molar-refractivity contribution in [2.24, 2.45) is 4.99 Å². The summed E-state index contributed by atoms with van der Waals surface area (Å²) in [5.41, 5.74) is 2.52. The molecule has 5 nitrogen and oxygen atoms in total. The quantitative estimate of drug-likeness (QED) is 0.393. The Labute approximate surface area is 178 Å². The van der Waals surface area contributed by atoms with Crippen molar-refractivity contribution in [1.82, 2.24) is 10.6 Å². The third-order valence-corrected chi connectivity index (χ3v) is 5.85. The fourth-order valence-corrected chi connectivity index (χ4v) is 4.22. The van der Waals surface area contributed by atoms with E-state index in [0.29, 0.717) is 11.8 Å². The number of guanidine groups is 1. The number of hydrogen-bond donors (Lipinski definition) is 2. The standard InChI is InChI=1S/C23H32N4OS/c1-3-24-23(25-17-19(2)29-21-10-5-4-6-11-21)26-18-20-9-7-8-12-22(20)27-13-15-28-16-14-27/h4-12,19H,3,13-18H2,1-2H3,(H2,24,25,26). The fraction of sp³-hybridized carbons (Fsp3) is 0.435. The number of rotatable bonds is 8. The van der Waals surface area contributed by atoms with Crippen molar-refractivity contribution in [3.63, 3.8) is 0 Å². The number of nitrogens with zero attached hydrogens (tertiary/aromatic N) is 2. The van der Waals surface area contributed by atoms with Crippen LogP contribution in [0.4, 0.5) is 5.69 Å². The SMILES string of the molecule is CCNC(=NCc1ccccc1N1CCOCC1)NCC(C)Sc1ccccc1. The van der Waals surface area contributed by atoms with Crippen molar-refractivity contribution in [1.29, 1.82) is 0 Å². The highest BCUT2D eigenvalue weighted by Crippen LogP contribution is 2.23. The largest absolute Gasteiger partial charge is 0.378 e. The van der Waals surface area contributed by atoms with Gasteiger partial charge in [-0.25, -0.2) is 4.99 Å². The summed E-state index contributed by atoms with van der Waals surface area (Å²) in [6.45, 7) is 10.2. The van der Waals surface area contributed by atoms with E-state index in [1.807, 2.05) is 11.8 Å². The molecule has 0 aliphatic carbocycles. The molecule has 0 spiro atoms. The molecule has 156 valence electrons. The molecule has 1 saturated heterocycles. The summed E-state index contributed by atoms with van der Waals surface area (Å²) in [5.74, 6) is 0.866. The molecule has 1 unspecified atom stereocenters. The molecule has 1 atom stereocenters. The summed E-state index contributed by atoms with van der Waals surface area (Å²) < 4.78 is 5.50. The van der Waals surface area contributed by atoms with Crippen LogP contribution in [0.25, 0.3) is 0 Å². The van der Waals surface area contributed by atoms with Gasteiger partial charge < -0.3 is 20.3 Å². The fourth-order valence-electron chi connectivity index (χ4n) is 3.28. The van der Waals surface area contributed by atoms with Gasteiger partial charge in [0.1, 0.15) is 0 Å². The van der Waals surface area contributed by atoms with Gasteiger partial charge in [-0.2, -0.15) is 0 Å². The van der Waals surface area contributed by atoms with E-state index in [1.54, 1.807) is 0 Å². The molecule has 6 heteroatoms. The molecule has 0 amide bonds. The lowest BCUT2D eigenvalue weighted by atomic mass is 10.1. The Balaban J connectivity index is 1.59. The number of benzene rings is 2. The van der Waals surface area contributed by atoms with Gasteiger partial charge in [-0.3, -0.25) is 0 Å². The highest BCUT2D eigenvalue weighted by Gasteiger charge is 2.14. The van der Waals surface area contributed by atoms with E-state index >= 15 is 0 Å². The van der Waals surface area contributed by atoms with Crippen LogP contribution < -0.4 is 15.5 Å². The second-order valence-corrected chi connectivity index (χ2v) is 8.56. The Hall–Kier alpha value is -2.18. The topological polar surface area (TPSA) is 48.9 Å². The highest BCUT2D eigenvalue weighted by atomic mass is 32.2. The van der Waals surface area contributed by atoms with E-state index in [4.69, 9.17) is 9.73 Å². The summed E-state index contributed by atoms with van der Waals surface area (Å²) in [6, 6.07) is 19.1. The molecule has 2 aromatic rings. The van der Waals surface area contributed by atoms with E-state index in [2.05, 4.69) is 84.0 Å². The third kappa shape index (κ3) is 6.98. The summed E-state index contributed by atoms with van der Waals surface area (Å²) in [6.07, 6.45) is 0.